The van der Waals surface area contributed by atoms with Gasteiger partial charge in [0.05, 0.1) is 4.47 Å². The number of hydrogen-bond acceptors (Lipinski definition) is 3. The van der Waals surface area contributed by atoms with Gasteiger partial charge in [-0.15, -0.1) is 0 Å². The van der Waals surface area contributed by atoms with Crippen LogP contribution in [0.25, 0.3) is 0 Å². The normalized spacial score (nSPS) is 9.17. The van der Waals surface area contributed by atoms with Crippen molar-refractivity contribution in [3.63, 3.8) is 0 Å². The van der Waals surface area contributed by atoms with Crippen LogP contribution in [0, 0.1) is 11.3 Å². The summed E-state index contributed by atoms with van der Waals surface area (Å²) < 4.78 is 0.732. The van der Waals surface area contributed by atoms with E-state index in [0.717, 1.165) is 10.3 Å². The standard InChI is InChI=1S/C8H8BrN3/c1-12(2)8-4-3-6(9)7(5-10)11-8/h3-4H,1-2H3. The van der Waals surface area contributed by atoms with Crippen LogP contribution < -0.4 is 4.90 Å². The first-order valence-corrected chi connectivity index (χ1v) is 4.18. The monoisotopic (exact) mass is 225 g/mol. The molecule has 0 bridgehead atoms. The lowest BCUT2D eigenvalue weighted by Crippen LogP contribution is -2.10. The van der Waals surface area contributed by atoms with Crippen molar-refractivity contribution in [2.24, 2.45) is 0 Å². The van der Waals surface area contributed by atoms with Crippen LogP contribution in [0.4, 0.5) is 5.82 Å². The van der Waals surface area contributed by atoms with E-state index in [-0.39, 0.29) is 0 Å². The lowest BCUT2D eigenvalue weighted by Gasteiger charge is -2.10. The van der Waals surface area contributed by atoms with Gasteiger partial charge in [-0.25, -0.2) is 4.98 Å². The second kappa shape index (κ2) is 3.55. The molecule has 0 aliphatic heterocycles. The Hall–Kier alpha value is -1.08. The molecule has 0 aliphatic carbocycles. The molecule has 0 amide bonds. The van der Waals surface area contributed by atoms with Gasteiger partial charge in [-0.3, -0.25) is 0 Å². The van der Waals surface area contributed by atoms with Crippen molar-refractivity contribution in [1.82, 2.24) is 4.98 Å². The zero-order valence-corrected chi connectivity index (χ0v) is 8.46. The largest absolute Gasteiger partial charge is 0.363 e. The fourth-order valence-corrected chi connectivity index (χ4v) is 1.07. The van der Waals surface area contributed by atoms with Gasteiger partial charge in [0.1, 0.15) is 11.9 Å². The molecule has 0 atom stereocenters. The number of rotatable bonds is 1. The number of hydrogen-bond donors (Lipinski definition) is 0. The van der Waals surface area contributed by atoms with Gasteiger partial charge < -0.3 is 4.90 Å². The van der Waals surface area contributed by atoms with E-state index in [1.807, 2.05) is 37.2 Å². The van der Waals surface area contributed by atoms with Gasteiger partial charge in [-0.1, -0.05) is 0 Å². The average Bonchev–Trinajstić information content (AvgIpc) is 2.05. The average molecular weight is 226 g/mol. The molecule has 0 spiro atoms. The summed E-state index contributed by atoms with van der Waals surface area (Å²) in [6.07, 6.45) is 0. The first-order valence-electron chi connectivity index (χ1n) is 3.39. The first-order chi connectivity index (χ1) is 5.65. The van der Waals surface area contributed by atoms with Crippen LogP contribution in [0.3, 0.4) is 0 Å². The van der Waals surface area contributed by atoms with E-state index in [1.54, 1.807) is 0 Å². The van der Waals surface area contributed by atoms with E-state index in [1.165, 1.54) is 0 Å². The maximum atomic E-state index is 8.66. The fourth-order valence-electron chi connectivity index (χ4n) is 0.759. The van der Waals surface area contributed by atoms with Crippen molar-refractivity contribution in [3.8, 4) is 6.07 Å². The molecular weight excluding hydrogens is 218 g/mol. The van der Waals surface area contributed by atoms with Crippen molar-refractivity contribution < 1.29 is 0 Å². The molecule has 0 unspecified atom stereocenters. The van der Waals surface area contributed by atoms with E-state index in [2.05, 4.69) is 20.9 Å². The number of nitrogens with zero attached hydrogens (tertiary/aromatic N) is 3. The molecule has 0 fully saturated rings. The minimum absolute atomic E-state index is 0.418. The van der Waals surface area contributed by atoms with Gasteiger partial charge in [0, 0.05) is 14.1 Å². The van der Waals surface area contributed by atoms with Gasteiger partial charge in [-0.2, -0.15) is 5.26 Å². The highest BCUT2D eigenvalue weighted by Gasteiger charge is 2.02. The van der Waals surface area contributed by atoms with Crippen molar-refractivity contribution in [2.75, 3.05) is 19.0 Å². The Morgan fingerprint density at radius 2 is 2.17 bits per heavy atom. The van der Waals surface area contributed by atoms with E-state index >= 15 is 0 Å². The van der Waals surface area contributed by atoms with Crippen LogP contribution in [0.2, 0.25) is 0 Å². The third kappa shape index (κ3) is 1.74. The van der Waals surface area contributed by atoms with E-state index in [4.69, 9.17) is 5.26 Å². The molecule has 0 aromatic carbocycles. The van der Waals surface area contributed by atoms with Crippen LogP contribution >= 0.6 is 15.9 Å². The zero-order chi connectivity index (χ0) is 9.14. The second-order valence-electron chi connectivity index (χ2n) is 2.51. The molecule has 1 rings (SSSR count). The highest BCUT2D eigenvalue weighted by atomic mass is 79.9. The summed E-state index contributed by atoms with van der Waals surface area (Å²) >= 11 is 3.24. The van der Waals surface area contributed by atoms with Crippen molar-refractivity contribution in [3.05, 3.63) is 22.3 Å². The Balaban J connectivity index is 3.16. The molecule has 4 heteroatoms. The molecule has 0 N–H and O–H groups in total. The van der Waals surface area contributed by atoms with E-state index < -0.39 is 0 Å². The third-order valence-electron chi connectivity index (χ3n) is 1.40. The Bertz CT molecular complexity index is 328. The van der Waals surface area contributed by atoms with E-state index in [9.17, 15) is 0 Å². The molecule has 0 radical (unpaired) electrons. The number of nitriles is 1. The molecule has 0 aliphatic rings. The van der Waals surface area contributed by atoms with Crippen molar-refractivity contribution in [1.29, 1.82) is 5.26 Å². The number of aromatic nitrogens is 1. The predicted molar refractivity (Wildman–Crippen MR) is 51.0 cm³/mol. The lowest BCUT2D eigenvalue weighted by atomic mass is 10.3. The second-order valence-corrected chi connectivity index (χ2v) is 3.36. The SMILES string of the molecule is CN(C)c1ccc(Br)c(C#N)n1. The number of pyridine rings is 1. The van der Waals surface area contributed by atoms with Gasteiger partial charge >= 0.3 is 0 Å². The van der Waals surface area contributed by atoms with Crippen LogP contribution in [0.5, 0.6) is 0 Å². The molecule has 1 aromatic rings. The Morgan fingerprint density at radius 1 is 1.50 bits per heavy atom. The lowest BCUT2D eigenvalue weighted by molar-refractivity contribution is 1.06. The Kier molecular flexibility index (Phi) is 2.66. The summed E-state index contributed by atoms with van der Waals surface area (Å²) in [5, 5.41) is 8.66. The summed E-state index contributed by atoms with van der Waals surface area (Å²) in [6, 6.07) is 5.68. The molecule has 12 heavy (non-hydrogen) atoms. The van der Waals surface area contributed by atoms with Crippen LogP contribution in [-0.2, 0) is 0 Å². The highest BCUT2D eigenvalue weighted by molar-refractivity contribution is 9.10. The van der Waals surface area contributed by atoms with Gasteiger partial charge in [0.25, 0.3) is 0 Å². The smallest absolute Gasteiger partial charge is 0.157 e. The maximum Gasteiger partial charge on any atom is 0.157 e. The molecule has 1 aromatic heterocycles. The summed E-state index contributed by atoms with van der Waals surface area (Å²) in [6.45, 7) is 0. The Morgan fingerprint density at radius 3 is 2.67 bits per heavy atom. The summed E-state index contributed by atoms with van der Waals surface area (Å²) in [7, 11) is 3.77. The molecule has 0 saturated heterocycles. The molecular formula is C8H8BrN3. The third-order valence-corrected chi connectivity index (χ3v) is 2.04. The fraction of sp³-hybridized carbons (Fsp3) is 0.250. The quantitative estimate of drug-likeness (QED) is 0.732. The Labute approximate surface area is 79.8 Å². The highest BCUT2D eigenvalue weighted by Crippen LogP contribution is 2.17. The van der Waals surface area contributed by atoms with Gasteiger partial charge in [-0.05, 0) is 28.1 Å². The van der Waals surface area contributed by atoms with Crippen LogP contribution in [-0.4, -0.2) is 19.1 Å². The van der Waals surface area contributed by atoms with Crippen LogP contribution in [0.15, 0.2) is 16.6 Å². The summed E-state index contributed by atoms with van der Waals surface area (Å²) in [5.74, 6) is 0.787. The number of anilines is 1. The predicted octanol–water partition coefficient (Wildman–Crippen LogP) is 1.78. The molecule has 62 valence electrons. The molecule has 0 saturated carbocycles. The van der Waals surface area contributed by atoms with E-state index in [0.29, 0.717) is 5.69 Å². The first kappa shape index (κ1) is 9.01. The summed E-state index contributed by atoms with van der Waals surface area (Å²) in [5.41, 5.74) is 0.418. The maximum absolute atomic E-state index is 8.66. The minimum atomic E-state index is 0.418. The van der Waals surface area contributed by atoms with Crippen LogP contribution in [0.1, 0.15) is 5.69 Å². The molecule has 3 nitrogen and oxygen atoms in total. The molecule has 1 heterocycles. The van der Waals surface area contributed by atoms with Gasteiger partial charge in [0.15, 0.2) is 5.69 Å². The topological polar surface area (TPSA) is 39.9 Å². The number of halogens is 1. The zero-order valence-electron chi connectivity index (χ0n) is 6.87. The van der Waals surface area contributed by atoms with Crippen molar-refractivity contribution in [2.45, 2.75) is 0 Å². The minimum Gasteiger partial charge on any atom is -0.363 e. The van der Waals surface area contributed by atoms with Crippen molar-refractivity contribution >= 4 is 21.7 Å². The summed E-state index contributed by atoms with van der Waals surface area (Å²) in [4.78, 5) is 5.96. The van der Waals surface area contributed by atoms with Gasteiger partial charge in [0.2, 0.25) is 0 Å².